The molecule has 1 unspecified atom stereocenters. The van der Waals surface area contributed by atoms with Gasteiger partial charge in [-0.3, -0.25) is 19.7 Å². The number of hydrogen-bond donors (Lipinski definition) is 1. The first-order chi connectivity index (χ1) is 17.6. The molecule has 1 aliphatic heterocycles. The summed E-state index contributed by atoms with van der Waals surface area (Å²) < 4.78 is 11.6. The van der Waals surface area contributed by atoms with Crippen LogP contribution in [0.15, 0.2) is 30.5 Å². The quantitative estimate of drug-likeness (QED) is 0.462. The Hall–Kier alpha value is -2.35. The van der Waals surface area contributed by atoms with Crippen LogP contribution in [0, 0.1) is 0 Å². The standard InChI is InChI=1S/C29H39N3O4/c1-35-24-17-21(18-24)27-25(9-6-14-30-27)28(29(33)34)32-15-13-23(19-32)36-16-5-4-8-22-12-11-20-7-2-3-10-26(20)31-22/h6,9,11-12,14,21,23-24,28H,2-5,7-8,10,13,15-19H2,1H3,(H,33,34)/t21?,23-,24?,28?/m1/s1. The van der Waals surface area contributed by atoms with Crippen LogP contribution in [0.1, 0.15) is 85.1 Å². The Kier molecular flexibility index (Phi) is 8.29. The highest BCUT2D eigenvalue weighted by Gasteiger charge is 2.39. The van der Waals surface area contributed by atoms with Crippen molar-refractivity contribution in [2.75, 3.05) is 26.8 Å². The van der Waals surface area contributed by atoms with Gasteiger partial charge in [-0.1, -0.05) is 12.1 Å². The third kappa shape index (κ3) is 5.79. The van der Waals surface area contributed by atoms with E-state index in [2.05, 4.69) is 22.0 Å². The van der Waals surface area contributed by atoms with Gasteiger partial charge in [-0.2, -0.15) is 0 Å². The molecule has 194 valence electrons. The van der Waals surface area contributed by atoms with Gasteiger partial charge in [0.25, 0.3) is 0 Å². The molecule has 2 aromatic rings. The van der Waals surface area contributed by atoms with Gasteiger partial charge in [-0.25, -0.2) is 0 Å². The second-order valence-electron chi connectivity index (χ2n) is 10.6. The number of aromatic nitrogens is 2. The molecule has 3 aliphatic rings. The average Bonchev–Trinajstić information content (AvgIpc) is 3.32. The molecule has 7 nitrogen and oxygen atoms in total. The lowest BCUT2D eigenvalue weighted by Gasteiger charge is -2.36. The molecular weight excluding hydrogens is 454 g/mol. The number of methoxy groups -OCH3 is 1. The molecule has 3 heterocycles. The molecule has 2 aliphatic carbocycles. The molecule has 2 aromatic heterocycles. The van der Waals surface area contributed by atoms with E-state index in [0.29, 0.717) is 13.2 Å². The molecule has 0 radical (unpaired) electrons. The van der Waals surface area contributed by atoms with Crippen LogP contribution in [0.4, 0.5) is 0 Å². The van der Waals surface area contributed by atoms with Gasteiger partial charge in [0.1, 0.15) is 6.04 Å². The highest BCUT2D eigenvalue weighted by atomic mass is 16.5. The van der Waals surface area contributed by atoms with Crippen molar-refractivity contribution in [3.05, 3.63) is 58.7 Å². The zero-order valence-electron chi connectivity index (χ0n) is 21.4. The van der Waals surface area contributed by atoms with Gasteiger partial charge in [0, 0.05) is 61.6 Å². The van der Waals surface area contributed by atoms with E-state index in [1.165, 1.54) is 36.2 Å². The highest BCUT2D eigenvalue weighted by Crippen LogP contribution is 2.41. The van der Waals surface area contributed by atoms with Gasteiger partial charge < -0.3 is 14.6 Å². The summed E-state index contributed by atoms with van der Waals surface area (Å²) in [6.07, 6.45) is 12.7. The van der Waals surface area contributed by atoms with Crippen LogP contribution in [-0.2, 0) is 33.5 Å². The van der Waals surface area contributed by atoms with E-state index < -0.39 is 12.0 Å². The van der Waals surface area contributed by atoms with Crippen LogP contribution in [-0.4, -0.2) is 65.0 Å². The molecule has 36 heavy (non-hydrogen) atoms. The van der Waals surface area contributed by atoms with Crippen molar-refractivity contribution in [1.82, 2.24) is 14.9 Å². The Morgan fingerprint density at radius 2 is 2.03 bits per heavy atom. The van der Waals surface area contributed by atoms with Crippen molar-refractivity contribution in [3.63, 3.8) is 0 Å². The van der Waals surface area contributed by atoms with Gasteiger partial charge in [0.05, 0.1) is 12.2 Å². The van der Waals surface area contributed by atoms with Crippen LogP contribution in [0.25, 0.3) is 0 Å². The van der Waals surface area contributed by atoms with E-state index in [9.17, 15) is 9.90 Å². The Bertz CT molecular complexity index is 1040. The third-order valence-corrected chi connectivity index (χ3v) is 8.17. The Labute approximate surface area is 214 Å². The smallest absolute Gasteiger partial charge is 0.325 e. The summed E-state index contributed by atoms with van der Waals surface area (Å²) in [6, 6.07) is 7.57. The number of aliphatic carboxylic acids is 1. The van der Waals surface area contributed by atoms with E-state index in [1.54, 1.807) is 13.3 Å². The molecule has 7 heteroatoms. The number of aryl methyl sites for hydroxylation is 3. The van der Waals surface area contributed by atoms with Gasteiger partial charge in [0.15, 0.2) is 0 Å². The molecule has 0 amide bonds. The van der Waals surface area contributed by atoms with E-state index in [4.69, 9.17) is 14.5 Å². The Balaban J connectivity index is 1.10. The number of likely N-dealkylation sites (tertiary alicyclic amines) is 1. The summed E-state index contributed by atoms with van der Waals surface area (Å²) in [4.78, 5) is 23.9. The van der Waals surface area contributed by atoms with E-state index in [1.807, 2.05) is 12.1 Å². The maximum atomic E-state index is 12.4. The summed E-state index contributed by atoms with van der Waals surface area (Å²) in [5.41, 5.74) is 5.68. The molecular formula is C29H39N3O4. The largest absolute Gasteiger partial charge is 0.480 e. The van der Waals surface area contributed by atoms with Crippen LogP contribution in [0.5, 0.6) is 0 Å². The molecule has 0 aromatic carbocycles. The van der Waals surface area contributed by atoms with Crippen molar-refractivity contribution in [3.8, 4) is 0 Å². The van der Waals surface area contributed by atoms with E-state index in [-0.39, 0.29) is 18.1 Å². The second kappa shape index (κ2) is 11.8. The van der Waals surface area contributed by atoms with Crippen molar-refractivity contribution in [2.45, 2.75) is 88.4 Å². The Morgan fingerprint density at radius 1 is 1.17 bits per heavy atom. The molecule has 0 spiro atoms. The van der Waals surface area contributed by atoms with Crippen molar-refractivity contribution >= 4 is 5.97 Å². The molecule has 1 saturated carbocycles. The van der Waals surface area contributed by atoms with E-state index >= 15 is 0 Å². The van der Waals surface area contributed by atoms with Gasteiger partial charge in [0.2, 0.25) is 0 Å². The molecule has 5 rings (SSSR count). The van der Waals surface area contributed by atoms with Crippen molar-refractivity contribution in [2.24, 2.45) is 0 Å². The number of fused-ring (bicyclic) bond motifs is 1. The fourth-order valence-corrected chi connectivity index (χ4v) is 6.02. The fraction of sp³-hybridized carbons (Fsp3) is 0.621. The Morgan fingerprint density at radius 3 is 2.86 bits per heavy atom. The summed E-state index contributed by atoms with van der Waals surface area (Å²) in [5.74, 6) is -0.544. The van der Waals surface area contributed by atoms with Gasteiger partial charge in [-0.15, -0.1) is 0 Å². The minimum absolute atomic E-state index is 0.0791. The summed E-state index contributed by atoms with van der Waals surface area (Å²) in [5, 5.41) is 10.2. The van der Waals surface area contributed by atoms with Crippen LogP contribution in [0.2, 0.25) is 0 Å². The number of unbranched alkanes of at least 4 members (excludes halogenated alkanes) is 1. The first-order valence-electron chi connectivity index (χ1n) is 13.7. The maximum absolute atomic E-state index is 12.4. The SMILES string of the molecule is COC1CC(c2ncccc2C(C(=O)O)N2CC[C@@H](OCCCCc3ccc4c(n3)CCCC4)C2)C1. The highest BCUT2D eigenvalue weighted by molar-refractivity contribution is 5.76. The molecule has 2 atom stereocenters. The predicted octanol–water partition coefficient (Wildman–Crippen LogP) is 4.49. The van der Waals surface area contributed by atoms with Crippen molar-refractivity contribution < 1.29 is 19.4 Å². The number of rotatable bonds is 11. The van der Waals surface area contributed by atoms with Crippen LogP contribution < -0.4 is 0 Å². The van der Waals surface area contributed by atoms with Gasteiger partial charge in [-0.05, 0) is 81.9 Å². The lowest BCUT2D eigenvalue weighted by Crippen LogP contribution is -2.36. The van der Waals surface area contributed by atoms with Crippen molar-refractivity contribution in [1.29, 1.82) is 0 Å². The monoisotopic (exact) mass is 493 g/mol. The zero-order valence-corrected chi connectivity index (χ0v) is 21.4. The minimum Gasteiger partial charge on any atom is -0.480 e. The lowest BCUT2D eigenvalue weighted by atomic mass is 9.77. The number of carboxylic acid groups (broad SMARTS) is 1. The molecule has 2 fully saturated rings. The molecule has 1 saturated heterocycles. The zero-order chi connectivity index (χ0) is 24.9. The summed E-state index contributed by atoms with van der Waals surface area (Å²) >= 11 is 0. The maximum Gasteiger partial charge on any atom is 0.325 e. The van der Waals surface area contributed by atoms with E-state index in [0.717, 1.165) is 62.7 Å². The summed E-state index contributed by atoms with van der Waals surface area (Å²) in [6.45, 7) is 2.07. The molecule has 1 N–H and O–H groups in total. The average molecular weight is 494 g/mol. The number of carboxylic acids is 1. The van der Waals surface area contributed by atoms with Crippen LogP contribution in [0.3, 0.4) is 0 Å². The number of pyridine rings is 2. The van der Waals surface area contributed by atoms with Gasteiger partial charge >= 0.3 is 5.97 Å². The fourth-order valence-electron chi connectivity index (χ4n) is 6.02. The normalized spacial score (nSPS) is 24.8. The number of ether oxygens (including phenoxy) is 2. The molecule has 0 bridgehead atoms. The third-order valence-electron chi connectivity index (χ3n) is 8.17. The van der Waals surface area contributed by atoms with Crippen LogP contribution >= 0.6 is 0 Å². The topological polar surface area (TPSA) is 84.8 Å². The first-order valence-corrected chi connectivity index (χ1v) is 13.7. The number of carbonyl (C=O) groups is 1. The predicted molar refractivity (Wildman–Crippen MR) is 137 cm³/mol. The lowest BCUT2D eigenvalue weighted by molar-refractivity contribution is -0.143. The summed E-state index contributed by atoms with van der Waals surface area (Å²) in [7, 11) is 1.73. The number of hydrogen-bond acceptors (Lipinski definition) is 6. The first kappa shape index (κ1) is 25.3. The number of nitrogens with zero attached hydrogens (tertiary/aromatic N) is 3. The minimum atomic E-state index is -0.815. The second-order valence-corrected chi connectivity index (χ2v) is 10.6.